The molecule has 0 saturated carbocycles. The molecule has 1 fully saturated rings. The zero-order valence-electron chi connectivity index (χ0n) is 22.1. The normalized spacial score (nSPS) is 13.7. The number of imidazole rings is 2. The molecule has 0 atom stereocenters. The second-order valence-corrected chi connectivity index (χ2v) is 10.1. The topological polar surface area (TPSA) is 112 Å². The van der Waals surface area contributed by atoms with Crippen LogP contribution in [0.1, 0.15) is 20.7 Å². The number of para-hydroxylation sites is 4. The van der Waals surface area contributed by atoms with Crippen LogP contribution >= 0.6 is 0 Å². The number of nitrogens with zero attached hydrogens (tertiary/aromatic N) is 4. The van der Waals surface area contributed by atoms with Gasteiger partial charge in [-0.2, -0.15) is 0 Å². The minimum absolute atomic E-state index is 0.0733. The van der Waals surface area contributed by atoms with Gasteiger partial charge in [-0.25, -0.2) is 14.7 Å². The van der Waals surface area contributed by atoms with E-state index < -0.39 is 0 Å². The first-order valence-electron chi connectivity index (χ1n) is 13.5. The van der Waals surface area contributed by atoms with Crippen LogP contribution < -0.4 is 4.73 Å². The van der Waals surface area contributed by atoms with Gasteiger partial charge in [0, 0.05) is 42.9 Å². The first-order valence-corrected chi connectivity index (χ1v) is 13.5. The largest absolute Gasteiger partial charge is 0.710 e. The van der Waals surface area contributed by atoms with E-state index in [-0.39, 0.29) is 11.8 Å². The molecule has 4 aromatic carbocycles. The average Bonchev–Trinajstić information content (AvgIpc) is 3.62. The van der Waals surface area contributed by atoms with E-state index in [2.05, 4.69) is 15.0 Å². The van der Waals surface area contributed by atoms with Crippen molar-refractivity contribution in [1.29, 1.82) is 0 Å². The molecule has 2 aromatic heterocycles. The van der Waals surface area contributed by atoms with E-state index in [1.54, 1.807) is 34.1 Å². The van der Waals surface area contributed by atoms with Crippen molar-refractivity contribution >= 4 is 33.9 Å². The van der Waals surface area contributed by atoms with E-state index in [0.29, 0.717) is 60.0 Å². The van der Waals surface area contributed by atoms with E-state index in [1.807, 2.05) is 72.8 Å². The third kappa shape index (κ3) is 4.47. The Balaban J connectivity index is 1.04. The lowest BCUT2D eigenvalue weighted by atomic mass is 10.1. The summed E-state index contributed by atoms with van der Waals surface area (Å²) >= 11 is 0. The van der Waals surface area contributed by atoms with Crippen molar-refractivity contribution in [3.63, 3.8) is 0 Å². The summed E-state index contributed by atoms with van der Waals surface area (Å²) in [6.45, 7) is 1.71. The fourth-order valence-corrected chi connectivity index (χ4v) is 5.41. The van der Waals surface area contributed by atoms with Crippen LogP contribution in [0.2, 0.25) is 0 Å². The third-order valence-electron chi connectivity index (χ3n) is 7.59. The van der Waals surface area contributed by atoms with Crippen LogP contribution in [0.5, 0.6) is 0 Å². The molecule has 2 amide bonds. The molecule has 9 nitrogen and oxygen atoms in total. The minimum atomic E-state index is -0.126. The van der Waals surface area contributed by atoms with Crippen molar-refractivity contribution in [3.8, 4) is 22.8 Å². The maximum atomic E-state index is 13.4. The quantitative estimate of drug-likeness (QED) is 0.250. The number of fused-ring (bicyclic) bond motifs is 2. The van der Waals surface area contributed by atoms with E-state index in [1.165, 1.54) is 0 Å². The number of carbonyl (C=O) groups excluding carboxylic acids is 2. The van der Waals surface area contributed by atoms with Gasteiger partial charge in [0.2, 0.25) is 0 Å². The van der Waals surface area contributed by atoms with Crippen molar-refractivity contribution < 1.29 is 14.3 Å². The second-order valence-electron chi connectivity index (χ2n) is 10.1. The molecule has 0 bridgehead atoms. The number of aromatic amines is 2. The summed E-state index contributed by atoms with van der Waals surface area (Å²) in [5, 5.41) is 12.8. The lowest BCUT2D eigenvalue weighted by molar-refractivity contribution is -0.564. The number of benzene rings is 4. The van der Waals surface area contributed by atoms with Gasteiger partial charge in [0.15, 0.2) is 11.0 Å². The van der Waals surface area contributed by atoms with E-state index in [4.69, 9.17) is 0 Å². The number of carbonyl (C=O) groups is 2. The summed E-state index contributed by atoms with van der Waals surface area (Å²) in [5.74, 6) is 0.907. The highest BCUT2D eigenvalue weighted by Gasteiger charge is 2.26. The summed E-state index contributed by atoms with van der Waals surface area (Å²) in [7, 11) is 0. The minimum Gasteiger partial charge on any atom is -0.710 e. The highest BCUT2D eigenvalue weighted by molar-refractivity contribution is 5.97. The SMILES string of the molecule is O=C(c1cccc(-c2nc3ccccc3[nH]2)c1)N1CCN(C(=O)c2cccc(-c3[nH]c4ccccc4[n+]3[O-])c2)CC1. The number of hydrogen-bond acceptors (Lipinski definition) is 4. The van der Waals surface area contributed by atoms with Crippen molar-refractivity contribution in [2.75, 3.05) is 26.2 Å². The summed E-state index contributed by atoms with van der Waals surface area (Å²) in [4.78, 5) is 41.4. The molecule has 41 heavy (non-hydrogen) atoms. The van der Waals surface area contributed by atoms with Crippen LogP contribution in [0.4, 0.5) is 0 Å². The Morgan fingerprint density at radius 3 is 1.93 bits per heavy atom. The molecular formula is C32H26N6O3. The molecule has 1 saturated heterocycles. The Morgan fingerprint density at radius 2 is 1.27 bits per heavy atom. The molecule has 6 aromatic rings. The first-order chi connectivity index (χ1) is 20.0. The number of hydrogen-bond donors (Lipinski definition) is 2. The Bertz CT molecular complexity index is 1900. The van der Waals surface area contributed by atoms with Crippen LogP contribution in [0.15, 0.2) is 97.1 Å². The van der Waals surface area contributed by atoms with Gasteiger partial charge in [0.05, 0.1) is 16.6 Å². The van der Waals surface area contributed by atoms with Gasteiger partial charge >= 0.3 is 0 Å². The standard InChI is InChI=1S/C32H26N6O3/c39-31(23-9-5-7-21(19-23)29-33-25-11-1-2-12-26(25)34-29)36-15-17-37(18-16-36)32(40)24-10-6-8-22(20-24)30-35-27-13-3-4-14-28(27)38(30)41/h1-14,19-20,35H,15-18H2,(H,33,34). The maximum absolute atomic E-state index is 13.4. The molecule has 0 unspecified atom stereocenters. The molecule has 202 valence electrons. The molecule has 7 rings (SSSR count). The average molecular weight is 543 g/mol. The monoisotopic (exact) mass is 542 g/mol. The highest BCUT2D eigenvalue weighted by atomic mass is 16.5. The lowest BCUT2D eigenvalue weighted by Gasteiger charge is -2.35. The fraction of sp³-hybridized carbons (Fsp3) is 0.125. The van der Waals surface area contributed by atoms with E-state index >= 15 is 0 Å². The first kappa shape index (κ1) is 24.6. The summed E-state index contributed by atoms with van der Waals surface area (Å²) in [6, 6.07) is 29.6. The van der Waals surface area contributed by atoms with Crippen LogP contribution in [-0.2, 0) is 0 Å². The molecule has 0 aliphatic carbocycles. The Morgan fingerprint density at radius 1 is 0.683 bits per heavy atom. The fourth-order valence-electron chi connectivity index (χ4n) is 5.41. The zero-order chi connectivity index (χ0) is 27.9. The molecule has 3 heterocycles. The van der Waals surface area contributed by atoms with Crippen molar-refractivity contribution in [2.45, 2.75) is 0 Å². The number of amides is 2. The molecule has 1 aliphatic rings. The van der Waals surface area contributed by atoms with Crippen molar-refractivity contribution in [1.82, 2.24) is 24.8 Å². The molecule has 9 heteroatoms. The molecular weight excluding hydrogens is 516 g/mol. The predicted molar refractivity (Wildman–Crippen MR) is 156 cm³/mol. The van der Waals surface area contributed by atoms with Crippen molar-refractivity contribution in [3.05, 3.63) is 113 Å². The van der Waals surface area contributed by atoms with Gasteiger partial charge < -0.3 is 20.0 Å². The highest BCUT2D eigenvalue weighted by Crippen LogP contribution is 2.23. The summed E-state index contributed by atoms with van der Waals surface area (Å²) in [6.07, 6.45) is 0. The van der Waals surface area contributed by atoms with Gasteiger partial charge in [0.25, 0.3) is 17.6 Å². The smallest absolute Gasteiger partial charge is 0.290 e. The van der Waals surface area contributed by atoms with Crippen LogP contribution in [0.25, 0.3) is 44.8 Å². The predicted octanol–water partition coefficient (Wildman–Crippen LogP) is 4.61. The summed E-state index contributed by atoms with van der Waals surface area (Å²) in [5.41, 5.74) is 5.66. The lowest BCUT2D eigenvalue weighted by Crippen LogP contribution is -2.50. The number of nitrogens with one attached hydrogen (secondary N) is 2. The van der Waals surface area contributed by atoms with Crippen molar-refractivity contribution in [2.24, 2.45) is 0 Å². The third-order valence-corrected chi connectivity index (χ3v) is 7.59. The number of aromatic nitrogens is 4. The van der Waals surface area contributed by atoms with Gasteiger partial charge in [0.1, 0.15) is 5.82 Å². The van der Waals surface area contributed by atoms with Crippen LogP contribution in [0, 0.1) is 5.21 Å². The number of H-pyrrole nitrogens is 2. The Hall–Kier alpha value is -5.44. The molecule has 0 spiro atoms. The summed E-state index contributed by atoms with van der Waals surface area (Å²) < 4.78 is 0.854. The van der Waals surface area contributed by atoms with Gasteiger partial charge in [-0.3, -0.25) is 9.59 Å². The van der Waals surface area contributed by atoms with Gasteiger partial charge in [-0.15, -0.1) is 0 Å². The second kappa shape index (κ2) is 9.95. The zero-order valence-corrected chi connectivity index (χ0v) is 22.1. The maximum Gasteiger partial charge on any atom is 0.290 e. The molecule has 0 radical (unpaired) electrons. The molecule has 2 N–H and O–H groups in total. The number of rotatable bonds is 4. The van der Waals surface area contributed by atoms with Gasteiger partial charge in [-0.05, 0) is 54.6 Å². The number of piperazine rings is 1. The van der Waals surface area contributed by atoms with E-state index in [9.17, 15) is 14.8 Å². The van der Waals surface area contributed by atoms with E-state index in [0.717, 1.165) is 26.8 Å². The molecule has 1 aliphatic heterocycles. The van der Waals surface area contributed by atoms with Gasteiger partial charge in [-0.1, -0.05) is 42.5 Å². The van der Waals surface area contributed by atoms with Crippen LogP contribution in [-0.4, -0.2) is 62.7 Å². The van der Waals surface area contributed by atoms with Crippen LogP contribution in [0.3, 0.4) is 0 Å². The Kier molecular flexibility index (Phi) is 5.96. The Labute approximate surface area is 235 Å².